The summed E-state index contributed by atoms with van der Waals surface area (Å²) in [5, 5.41) is 0. The number of benzene rings is 1. The topological polar surface area (TPSA) is 39.2 Å². The average molecular weight is 227 g/mol. The van der Waals surface area contributed by atoms with Gasteiger partial charge in [0, 0.05) is 0 Å². The summed E-state index contributed by atoms with van der Waals surface area (Å²) in [6.07, 6.45) is 3.67. The van der Waals surface area contributed by atoms with Crippen LogP contribution in [0.5, 0.6) is 0 Å². The van der Waals surface area contributed by atoms with Crippen molar-refractivity contribution in [1.82, 2.24) is 0 Å². The second-order valence-corrected chi connectivity index (χ2v) is 4.81. The summed E-state index contributed by atoms with van der Waals surface area (Å²) in [6.45, 7) is 1.94. The molecule has 1 atom stereocenters. The van der Waals surface area contributed by atoms with Crippen molar-refractivity contribution >= 4 is 0 Å². The molecule has 3 rings (SSSR count). The van der Waals surface area contributed by atoms with Crippen molar-refractivity contribution < 1.29 is 4.42 Å². The van der Waals surface area contributed by atoms with Gasteiger partial charge in [0.25, 0.3) is 0 Å². The number of rotatable bonds is 2. The van der Waals surface area contributed by atoms with Crippen LogP contribution in [0.15, 0.2) is 34.7 Å². The highest BCUT2D eigenvalue weighted by Gasteiger charge is 2.16. The van der Waals surface area contributed by atoms with Gasteiger partial charge in [-0.15, -0.1) is 0 Å². The van der Waals surface area contributed by atoms with Crippen LogP contribution in [-0.2, 0) is 12.8 Å². The molecule has 1 aromatic heterocycles. The molecular formula is C15H17NO. The van der Waals surface area contributed by atoms with Gasteiger partial charge >= 0.3 is 0 Å². The Morgan fingerprint density at radius 2 is 1.94 bits per heavy atom. The van der Waals surface area contributed by atoms with Gasteiger partial charge in [-0.25, -0.2) is 0 Å². The first-order valence-electron chi connectivity index (χ1n) is 6.17. The molecule has 0 bridgehead atoms. The van der Waals surface area contributed by atoms with Crippen LogP contribution in [0.1, 0.15) is 40.7 Å². The Kier molecular flexibility index (Phi) is 2.52. The fourth-order valence-electron chi connectivity index (χ4n) is 2.57. The standard InChI is InChI=1S/C15H17NO/c1-10-5-8-14(17-10)15(16)13-7-6-11-3-2-4-12(11)9-13/h5-9,15H,2-4,16H2,1H3. The van der Waals surface area contributed by atoms with Gasteiger partial charge in [0.1, 0.15) is 11.5 Å². The largest absolute Gasteiger partial charge is 0.464 e. The van der Waals surface area contributed by atoms with Crippen LogP contribution in [-0.4, -0.2) is 0 Å². The summed E-state index contributed by atoms with van der Waals surface area (Å²) in [5.74, 6) is 1.76. The zero-order chi connectivity index (χ0) is 11.8. The first-order valence-corrected chi connectivity index (χ1v) is 6.17. The average Bonchev–Trinajstić information content (AvgIpc) is 2.95. The lowest BCUT2D eigenvalue weighted by molar-refractivity contribution is 0.466. The Hall–Kier alpha value is -1.54. The third kappa shape index (κ3) is 1.89. The fraction of sp³-hybridized carbons (Fsp3) is 0.333. The Morgan fingerprint density at radius 3 is 2.71 bits per heavy atom. The maximum Gasteiger partial charge on any atom is 0.125 e. The Labute approximate surface area is 101 Å². The molecule has 88 valence electrons. The first-order chi connectivity index (χ1) is 8.24. The van der Waals surface area contributed by atoms with Crippen molar-refractivity contribution in [3.8, 4) is 0 Å². The lowest BCUT2D eigenvalue weighted by Gasteiger charge is -2.11. The number of nitrogens with two attached hydrogens (primary N) is 1. The molecule has 1 aliphatic rings. The molecule has 1 aliphatic carbocycles. The highest BCUT2D eigenvalue weighted by atomic mass is 16.3. The van der Waals surface area contributed by atoms with Gasteiger partial charge in [0.2, 0.25) is 0 Å². The summed E-state index contributed by atoms with van der Waals surface area (Å²) in [4.78, 5) is 0. The fourth-order valence-corrected chi connectivity index (χ4v) is 2.57. The van der Waals surface area contributed by atoms with Gasteiger partial charge in [-0.1, -0.05) is 18.2 Å². The van der Waals surface area contributed by atoms with E-state index in [1.165, 1.54) is 30.4 Å². The highest BCUT2D eigenvalue weighted by molar-refractivity contribution is 5.38. The minimum Gasteiger partial charge on any atom is -0.464 e. The van der Waals surface area contributed by atoms with Gasteiger partial charge in [0.15, 0.2) is 0 Å². The van der Waals surface area contributed by atoms with Crippen molar-refractivity contribution in [2.45, 2.75) is 32.2 Å². The van der Waals surface area contributed by atoms with Crippen LogP contribution in [0.4, 0.5) is 0 Å². The zero-order valence-corrected chi connectivity index (χ0v) is 10.1. The molecule has 1 heterocycles. The third-order valence-electron chi connectivity index (χ3n) is 3.55. The molecule has 0 aliphatic heterocycles. The van der Waals surface area contributed by atoms with E-state index in [4.69, 9.17) is 10.2 Å². The molecule has 2 heteroatoms. The van der Waals surface area contributed by atoms with Gasteiger partial charge in [-0.05, 0) is 55.0 Å². The Balaban J connectivity index is 1.94. The maximum atomic E-state index is 6.23. The lowest BCUT2D eigenvalue weighted by Crippen LogP contribution is -2.11. The number of fused-ring (bicyclic) bond motifs is 1. The van der Waals surface area contributed by atoms with Crippen molar-refractivity contribution in [3.05, 3.63) is 58.5 Å². The molecule has 0 saturated heterocycles. The molecule has 17 heavy (non-hydrogen) atoms. The molecule has 2 aromatic rings. The van der Waals surface area contributed by atoms with E-state index in [1.807, 2.05) is 19.1 Å². The van der Waals surface area contributed by atoms with Crippen molar-refractivity contribution in [1.29, 1.82) is 0 Å². The third-order valence-corrected chi connectivity index (χ3v) is 3.55. The molecule has 0 amide bonds. The summed E-state index contributed by atoms with van der Waals surface area (Å²) in [5.41, 5.74) is 10.3. The lowest BCUT2D eigenvalue weighted by atomic mass is 10.0. The number of aryl methyl sites for hydroxylation is 3. The van der Waals surface area contributed by atoms with Crippen LogP contribution in [0.3, 0.4) is 0 Å². The normalized spacial score (nSPS) is 15.9. The van der Waals surface area contributed by atoms with Crippen molar-refractivity contribution in [2.24, 2.45) is 5.73 Å². The summed E-state index contributed by atoms with van der Waals surface area (Å²) < 4.78 is 5.59. The molecule has 0 saturated carbocycles. The molecule has 0 fully saturated rings. The van der Waals surface area contributed by atoms with Crippen molar-refractivity contribution in [2.75, 3.05) is 0 Å². The van der Waals surface area contributed by atoms with Crippen molar-refractivity contribution in [3.63, 3.8) is 0 Å². The van der Waals surface area contributed by atoms with E-state index in [2.05, 4.69) is 18.2 Å². The smallest absolute Gasteiger partial charge is 0.125 e. The predicted molar refractivity (Wildman–Crippen MR) is 67.9 cm³/mol. The highest BCUT2D eigenvalue weighted by Crippen LogP contribution is 2.27. The van der Waals surface area contributed by atoms with E-state index in [1.54, 1.807) is 0 Å². The number of furan rings is 1. The van der Waals surface area contributed by atoms with Gasteiger partial charge in [-0.2, -0.15) is 0 Å². The van der Waals surface area contributed by atoms with E-state index >= 15 is 0 Å². The maximum absolute atomic E-state index is 6.23. The SMILES string of the molecule is Cc1ccc(C(N)c2ccc3c(c2)CCC3)o1. The molecule has 0 spiro atoms. The molecular weight excluding hydrogens is 210 g/mol. The minimum absolute atomic E-state index is 0.144. The Bertz CT molecular complexity index is 542. The van der Waals surface area contributed by atoms with E-state index in [-0.39, 0.29) is 6.04 Å². The van der Waals surface area contributed by atoms with Crippen LogP contribution >= 0.6 is 0 Å². The van der Waals surface area contributed by atoms with Crippen LogP contribution < -0.4 is 5.73 Å². The molecule has 1 unspecified atom stereocenters. The van der Waals surface area contributed by atoms with Gasteiger partial charge in [-0.3, -0.25) is 0 Å². The van der Waals surface area contributed by atoms with E-state index in [9.17, 15) is 0 Å². The minimum atomic E-state index is -0.144. The molecule has 2 N–H and O–H groups in total. The first kappa shape index (κ1) is 10.6. The van der Waals surface area contributed by atoms with E-state index < -0.39 is 0 Å². The predicted octanol–water partition coefficient (Wildman–Crippen LogP) is 3.12. The van der Waals surface area contributed by atoms with E-state index in [0.717, 1.165) is 17.1 Å². The quantitative estimate of drug-likeness (QED) is 0.856. The van der Waals surface area contributed by atoms with Crippen LogP contribution in [0, 0.1) is 6.92 Å². The van der Waals surface area contributed by atoms with Gasteiger partial charge < -0.3 is 10.2 Å². The zero-order valence-electron chi connectivity index (χ0n) is 10.1. The van der Waals surface area contributed by atoms with Crippen LogP contribution in [0.2, 0.25) is 0 Å². The molecule has 1 aromatic carbocycles. The Morgan fingerprint density at radius 1 is 1.12 bits per heavy atom. The number of hydrogen-bond acceptors (Lipinski definition) is 2. The number of hydrogen-bond donors (Lipinski definition) is 1. The van der Waals surface area contributed by atoms with E-state index in [0.29, 0.717) is 0 Å². The second kappa shape index (κ2) is 4.04. The van der Waals surface area contributed by atoms with Gasteiger partial charge in [0.05, 0.1) is 6.04 Å². The second-order valence-electron chi connectivity index (χ2n) is 4.81. The van der Waals surface area contributed by atoms with Crippen LogP contribution in [0.25, 0.3) is 0 Å². The summed E-state index contributed by atoms with van der Waals surface area (Å²) >= 11 is 0. The molecule has 2 nitrogen and oxygen atoms in total. The summed E-state index contributed by atoms with van der Waals surface area (Å²) in [6, 6.07) is 10.4. The summed E-state index contributed by atoms with van der Waals surface area (Å²) in [7, 11) is 0. The molecule has 0 radical (unpaired) electrons. The monoisotopic (exact) mass is 227 g/mol.